The van der Waals surface area contributed by atoms with Crippen LogP contribution >= 0.6 is 0 Å². The zero-order chi connectivity index (χ0) is 14.5. The summed E-state index contributed by atoms with van der Waals surface area (Å²) in [5, 5.41) is 1.49. The van der Waals surface area contributed by atoms with Gasteiger partial charge in [-0.1, -0.05) is 30.3 Å². The first kappa shape index (κ1) is 14.5. The van der Waals surface area contributed by atoms with Crippen LogP contribution in [0.3, 0.4) is 0 Å². The van der Waals surface area contributed by atoms with Gasteiger partial charge in [0.15, 0.2) is 0 Å². The molecule has 0 aromatic heterocycles. The summed E-state index contributed by atoms with van der Waals surface area (Å²) in [6.07, 6.45) is -0.487. The Hall–Kier alpha value is -1.92. The predicted molar refractivity (Wildman–Crippen MR) is 69.0 cm³/mol. The van der Waals surface area contributed by atoms with Crippen LogP contribution in [-0.2, 0) is 30.4 Å². The lowest BCUT2D eigenvalue weighted by molar-refractivity contribution is -0.239. The van der Waals surface area contributed by atoms with E-state index in [-0.39, 0.29) is 6.42 Å². The number of rotatable bonds is 4. The molecule has 2 rings (SSSR count). The fourth-order valence-corrected chi connectivity index (χ4v) is 2.08. The summed E-state index contributed by atoms with van der Waals surface area (Å²) in [5.74, 6) is -0.851. The second-order valence-corrected chi connectivity index (χ2v) is 4.48. The molecule has 1 aromatic carbocycles. The van der Waals surface area contributed by atoms with Crippen LogP contribution in [0, 0.1) is 0 Å². The molecular formula is C14H17NO5. The molecule has 0 radical (unpaired) electrons. The molecule has 1 saturated heterocycles. The third kappa shape index (κ3) is 3.55. The summed E-state index contributed by atoms with van der Waals surface area (Å²) in [4.78, 5) is 28.2. The predicted octanol–water partition coefficient (Wildman–Crippen LogP) is 1.25. The second kappa shape index (κ2) is 6.49. The normalized spacial score (nSPS) is 22.5. The van der Waals surface area contributed by atoms with Gasteiger partial charge in [0.05, 0.1) is 13.7 Å². The Morgan fingerprint density at radius 2 is 2.05 bits per heavy atom. The highest BCUT2D eigenvalue weighted by Crippen LogP contribution is 2.25. The highest BCUT2D eigenvalue weighted by Gasteiger charge is 2.40. The quantitative estimate of drug-likeness (QED) is 0.773. The molecular weight excluding hydrogens is 262 g/mol. The van der Waals surface area contributed by atoms with Crippen molar-refractivity contribution in [1.82, 2.24) is 5.06 Å². The van der Waals surface area contributed by atoms with E-state index < -0.39 is 24.3 Å². The highest BCUT2D eigenvalue weighted by molar-refractivity contribution is 5.75. The monoisotopic (exact) mass is 279 g/mol. The molecule has 2 atom stereocenters. The fourth-order valence-electron chi connectivity index (χ4n) is 2.08. The van der Waals surface area contributed by atoms with Crippen LogP contribution in [0.4, 0.5) is 0 Å². The van der Waals surface area contributed by atoms with Gasteiger partial charge in [0, 0.05) is 13.3 Å². The molecule has 0 bridgehead atoms. The van der Waals surface area contributed by atoms with Crippen LogP contribution in [0.25, 0.3) is 0 Å². The standard InChI is InChI=1S/C14H17NO5/c1-10(16)19-13-8-12(14(17)18-2)15(20-13)9-11-6-4-3-5-7-11/h3-7,12-13H,8-9H2,1-2H3/t12-,13-/m0/s1. The van der Waals surface area contributed by atoms with Gasteiger partial charge in [0.1, 0.15) is 6.04 Å². The van der Waals surface area contributed by atoms with Crippen molar-refractivity contribution < 1.29 is 23.9 Å². The average molecular weight is 279 g/mol. The lowest BCUT2D eigenvalue weighted by Gasteiger charge is -2.20. The number of carbonyl (C=O) groups is 2. The summed E-state index contributed by atoms with van der Waals surface area (Å²) in [7, 11) is 1.32. The van der Waals surface area contributed by atoms with Gasteiger partial charge in [-0.15, -0.1) is 0 Å². The van der Waals surface area contributed by atoms with Crippen LogP contribution in [0.5, 0.6) is 0 Å². The van der Waals surface area contributed by atoms with Crippen LogP contribution < -0.4 is 0 Å². The Labute approximate surface area is 117 Å². The molecule has 1 heterocycles. The third-order valence-electron chi connectivity index (χ3n) is 2.97. The van der Waals surface area contributed by atoms with E-state index >= 15 is 0 Å². The number of nitrogens with zero attached hydrogens (tertiary/aromatic N) is 1. The van der Waals surface area contributed by atoms with Gasteiger partial charge in [0.2, 0.25) is 6.29 Å². The number of carbonyl (C=O) groups excluding carboxylic acids is 2. The Balaban J connectivity index is 2.07. The molecule has 1 aliphatic heterocycles. The second-order valence-electron chi connectivity index (χ2n) is 4.48. The highest BCUT2D eigenvalue weighted by atomic mass is 16.8. The van der Waals surface area contributed by atoms with Crippen LogP contribution in [0.15, 0.2) is 30.3 Å². The number of hydrogen-bond donors (Lipinski definition) is 0. The summed E-state index contributed by atoms with van der Waals surface area (Å²) in [5.41, 5.74) is 0.991. The molecule has 0 amide bonds. The molecule has 6 heteroatoms. The fraction of sp³-hybridized carbons (Fsp3) is 0.429. The van der Waals surface area contributed by atoms with Crippen LogP contribution in [0.2, 0.25) is 0 Å². The lowest BCUT2D eigenvalue weighted by Crippen LogP contribution is -2.35. The molecule has 0 unspecified atom stereocenters. The summed E-state index contributed by atoms with van der Waals surface area (Å²) < 4.78 is 9.75. The van der Waals surface area contributed by atoms with Gasteiger partial charge >= 0.3 is 11.9 Å². The summed E-state index contributed by atoms with van der Waals surface area (Å²) in [6.45, 7) is 1.72. The van der Waals surface area contributed by atoms with E-state index in [1.165, 1.54) is 19.1 Å². The van der Waals surface area contributed by atoms with Crippen molar-refractivity contribution in [1.29, 1.82) is 0 Å². The zero-order valence-electron chi connectivity index (χ0n) is 11.4. The molecule has 0 aliphatic carbocycles. The van der Waals surface area contributed by atoms with Gasteiger partial charge in [0.25, 0.3) is 0 Å². The molecule has 0 saturated carbocycles. The van der Waals surface area contributed by atoms with E-state index in [9.17, 15) is 9.59 Å². The SMILES string of the molecule is COC(=O)[C@@H]1C[C@@H](OC(C)=O)ON1Cc1ccccc1. The number of esters is 2. The molecule has 1 aliphatic rings. The van der Waals surface area contributed by atoms with Gasteiger partial charge in [-0.05, 0) is 5.56 Å². The van der Waals surface area contributed by atoms with Crippen molar-refractivity contribution in [2.45, 2.75) is 32.2 Å². The first-order valence-electron chi connectivity index (χ1n) is 6.32. The lowest BCUT2D eigenvalue weighted by atomic mass is 10.2. The maximum atomic E-state index is 11.8. The molecule has 1 fully saturated rings. The minimum Gasteiger partial charge on any atom is -0.468 e. The Morgan fingerprint density at radius 1 is 1.35 bits per heavy atom. The van der Waals surface area contributed by atoms with Crippen molar-refractivity contribution >= 4 is 11.9 Å². The van der Waals surface area contributed by atoms with Crippen molar-refractivity contribution in [2.75, 3.05) is 7.11 Å². The van der Waals surface area contributed by atoms with E-state index in [4.69, 9.17) is 14.3 Å². The van der Waals surface area contributed by atoms with Gasteiger partial charge < -0.3 is 9.47 Å². The minimum atomic E-state index is -0.750. The van der Waals surface area contributed by atoms with Crippen molar-refractivity contribution in [3.63, 3.8) is 0 Å². The van der Waals surface area contributed by atoms with E-state index in [1.807, 2.05) is 30.3 Å². The number of hydroxylamine groups is 2. The molecule has 6 nitrogen and oxygen atoms in total. The maximum Gasteiger partial charge on any atom is 0.325 e. The summed E-state index contributed by atoms with van der Waals surface area (Å²) in [6, 6.07) is 9.00. The summed E-state index contributed by atoms with van der Waals surface area (Å²) >= 11 is 0. The molecule has 1 aromatic rings. The van der Waals surface area contributed by atoms with E-state index in [0.717, 1.165) is 5.56 Å². The number of benzene rings is 1. The molecule has 0 spiro atoms. The third-order valence-corrected chi connectivity index (χ3v) is 2.97. The number of methoxy groups -OCH3 is 1. The van der Waals surface area contributed by atoms with E-state index in [0.29, 0.717) is 6.54 Å². The topological polar surface area (TPSA) is 65.1 Å². The van der Waals surface area contributed by atoms with Gasteiger partial charge in [-0.2, -0.15) is 5.06 Å². The first-order chi connectivity index (χ1) is 9.60. The number of ether oxygens (including phenoxy) is 2. The Kier molecular flexibility index (Phi) is 4.70. The van der Waals surface area contributed by atoms with Crippen molar-refractivity contribution in [2.24, 2.45) is 0 Å². The zero-order valence-corrected chi connectivity index (χ0v) is 11.4. The number of hydrogen-bond acceptors (Lipinski definition) is 6. The first-order valence-corrected chi connectivity index (χ1v) is 6.32. The van der Waals surface area contributed by atoms with E-state index in [2.05, 4.69) is 0 Å². The minimum absolute atomic E-state index is 0.263. The Morgan fingerprint density at radius 3 is 2.65 bits per heavy atom. The smallest absolute Gasteiger partial charge is 0.325 e. The maximum absolute atomic E-state index is 11.8. The van der Waals surface area contributed by atoms with E-state index in [1.54, 1.807) is 0 Å². The molecule has 20 heavy (non-hydrogen) atoms. The Bertz CT molecular complexity index is 476. The average Bonchev–Trinajstić information content (AvgIpc) is 2.80. The molecule has 0 N–H and O–H groups in total. The van der Waals surface area contributed by atoms with Crippen LogP contribution in [0.1, 0.15) is 18.9 Å². The van der Waals surface area contributed by atoms with Crippen molar-refractivity contribution in [3.05, 3.63) is 35.9 Å². The van der Waals surface area contributed by atoms with Crippen LogP contribution in [-0.4, -0.2) is 36.4 Å². The van der Waals surface area contributed by atoms with Gasteiger partial charge in [-0.25, -0.2) is 0 Å². The van der Waals surface area contributed by atoms with Gasteiger partial charge in [-0.3, -0.25) is 14.4 Å². The molecule has 108 valence electrons. The van der Waals surface area contributed by atoms with Crippen molar-refractivity contribution in [3.8, 4) is 0 Å². The largest absolute Gasteiger partial charge is 0.468 e.